The van der Waals surface area contributed by atoms with Crippen LogP contribution in [0.25, 0.3) is 0 Å². The summed E-state index contributed by atoms with van der Waals surface area (Å²) in [4.78, 5) is 21.9. The zero-order chi connectivity index (χ0) is 20.5. The monoisotopic (exact) mass is 399 g/mol. The van der Waals surface area contributed by atoms with Crippen LogP contribution in [0.1, 0.15) is 38.8 Å². The predicted octanol–water partition coefficient (Wildman–Crippen LogP) is 2.46. The van der Waals surface area contributed by atoms with E-state index in [0.29, 0.717) is 24.9 Å². The molecular formula is C19H28F3N5O. The average Bonchev–Trinajstić information content (AvgIpc) is 3.21. The number of anilines is 1. The lowest BCUT2D eigenvalue weighted by Crippen LogP contribution is -2.50. The van der Waals surface area contributed by atoms with Crippen LogP contribution in [-0.2, 0) is 11.0 Å². The van der Waals surface area contributed by atoms with Gasteiger partial charge in [-0.3, -0.25) is 4.79 Å². The van der Waals surface area contributed by atoms with E-state index in [9.17, 15) is 18.0 Å². The Kier molecular flexibility index (Phi) is 6.12. The van der Waals surface area contributed by atoms with E-state index in [1.54, 1.807) is 7.05 Å². The second-order valence-electron chi connectivity index (χ2n) is 8.22. The first-order valence-electron chi connectivity index (χ1n) is 9.82. The molecule has 0 radical (unpaired) electrons. The molecule has 0 bridgehead atoms. The first-order valence-corrected chi connectivity index (χ1v) is 9.82. The summed E-state index contributed by atoms with van der Waals surface area (Å²) >= 11 is 0. The number of carbonyl (C=O) groups is 1. The van der Waals surface area contributed by atoms with E-state index in [4.69, 9.17) is 0 Å². The maximum absolute atomic E-state index is 12.9. The SMILES string of the molecule is CNC(=O)[C@H](CC(C)C)N[C@H]1CC[C@@H]2CN(c3nccc(C(F)(F)F)n3)C[C@@H]21. The highest BCUT2D eigenvalue weighted by Crippen LogP contribution is 2.40. The molecule has 1 saturated carbocycles. The normalized spacial score (nSPS) is 25.8. The largest absolute Gasteiger partial charge is 0.433 e. The lowest BCUT2D eigenvalue weighted by atomic mass is 9.95. The molecule has 2 aliphatic rings. The molecule has 1 amide bonds. The Morgan fingerprint density at radius 3 is 2.71 bits per heavy atom. The zero-order valence-corrected chi connectivity index (χ0v) is 16.5. The highest BCUT2D eigenvalue weighted by Gasteiger charge is 2.44. The van der Waals surface area contributed by atoms with Crippen molar-refractivity contribution in [1.29, 1.82) is 0 Å². The molecule has 6 nitrogen and oxygen atoms in total. The highest BCUT2D eigenvalue weighted by atomic mass is 19.4. The van der Waals surface area contributed by atoms with Gasteiger partial charge in [0.25, 0.3) is 0 Å². The molecule has 1 aromatic rings. The molecular weight excluding hydrogens is 371 g/mol. The van der Waals surface area contributed by atoms with E-state index < -0.39 is 11.9 Å². The second-order valence-corrected chi connectivity index (χ2v) is 8.22. The summed E-state index contributed by atoms with van der Waals surface area (Å²) in [7, 11) is 1.64. The lowest BCUT2D eigenvalue weighted by Gasteiger charge is -2.27. The van der Waals surface area contributed by atoms with Gasteiger partial charge in [0.1, 0.15) is 5.69 Å². The molecule has 156 valence electrons. The summed E-state index contributed by atoms with van der Waals surface area (Å²) in [6.45, 7) is 5.42. The van der Waals surface area contributed by atoms with Crippen LogP contribution < -0.4 is 15.5 Å². The van der Waals surface area contributed by atoms with Gasteiger partial charge in [-0.25, -0.2) is 9.97 Å². The van der Waals surface area contributed by atoms with E-state index in [1.165, 1.54) is 6.20 Å². The van der Waals surface area contributed by atoms with Crippen LogP contribution in [0.4, 0.5) is 19.1 Å². The van der Waals surface area contributed by atoms with Gasteiger partial charge in [-0.05, 0) is 43.1 Å². The van der Waals surface area contributed by atoms with E-state index in [1.807, 2.05) is 4.90 Å². The topological polar surface area (TPSA) is 70.2 Å². The predicted molar refractivity (Wildman–Crippen MR) is 99.7 cm³/mol. The molecule has 3 rings (SSSR count). The molecule has 1 aromatic heterocycles. The number of carbonyl (C=O) groups excluding carboxylic acids is 1. The third-order valence-corrected chi connectivity index (χ3v) is 5.76. The minimum absolute atomic E-state index is 0.0202. The Labute approximate surface area is 163 Å². The summed E-state index contributed by atoms with van der Waals surface area (Å²) in [5.74, 6) is 1.14. The fourth-order valence-electron chi connectivity index (χ4n) is 4.45. The van der Waals surface area contributed by atoms with Gasteiger partial charge in [-0.1, -0.05) is 13.8 Å². The average molecular weight is 399 g/mol. The Morgan fingerprint density at radius 2 is 2.07 bits per heavy atom. The van der Waals surface area contributed by atoms with Gasteiger partial charge in [0.15, 0.2) is 0 Å². The molecule has 1 aliphatic carbocycles. The van der Waals surface area contributed by atoms with E-state index in [2.05, 4.69) is 34.4 Å². The molecule has 0 spiro atoms. The van der Waals surface area contributed by atoms with Crippen LogP contribution >= 0.6 is 0 Å². The number of aromatic nitrogens is 2. The number of halogens is 3. The molecule has 28 heavy (non-hydrogen) atoms. The van der Waals surface area contributed by atoms with E-state index >= 15 is 0 Å². The second kappa shape index (κ2) is 8.23. The van der Waals surface area contributed by atoms with E-state index in [-0.39, 0.29) is 29.9 Å². The van der Waals surface area contributed by atoms with Gasteiger partial charge in [-0.15, -0.1) is 0 Å². The van der Waals surface area contributed by atoms with Gasteiger partial charge in [-0.2, -0.15) is 13.2 Å². The highest BCUT2D eigenvalue weighted by molar-refractivity contribution is 5.81. The van der Waals surface area contributed by atoms with Crippen LogP contribution in [0.2, 0.25) is 0 Å². The van der Waals surface area contributed by atoms with Crippen LogP contribution in [0.3, 0.4) is 0 Å². The number of nitrogens with one attached hydrogen (secondary N) is 2. The summed E-state index contributed by atoms with van der Waals surface area (Å²) in [5.41, 5.74) is -0.916. The number of hydrogen-bond donors (Lipinski definition) is 2. The number of nitrogens with zero attached hydrogens (tertiary/aromatic N) is 3. The minimum Gasteiger partial charge on any atom is -0.358 e. The Hall–Kier alpha value is -1.90. The Balaban J connectivity index is 1.69. The maximum atomic E-state index is 12.9. The van der Waals surface area contributed by atoms with Crippen molar-refractivity contribution in [3.63, 3.8) is 0 Å². The van der Waals surface area contributed by atoms with E-state index in [0.717, 1.165) is 25.3 Å². The molecule has 0 aromatic carbocycles. The molecule has 2 N–H and O–H groups in total. The number of fused-ring (bicyclic) bond motifs is 1. The number of hydrogen-bond acceptors (Lipinski definition) is 5. The van der Waals surface area contributed by atoms with Crippen molar-refractivity contribution in [3.8, 4) is 0 Å². The Morgan fingerprint density at radius 1 is 1.32 bits per heavy atom. The number of likely N-dealkylation sites (N-methyl/N-ethyl adjacent to an activating group) is 1. The van der Waals surface area contributed by atoms with Crippen molar-refractivity contribution in [1.82, 2.24) is 20.6 Å². The summed E-state index contributed by atoms with van der Waals surface area (Å²) in [6.07, 6.45) is -0.611. The fourth-order valence-corrected chi connectivity index (χ4v) is 4.45. The Bertz CT molecular complexity index is 696. The van der Waals surface area contributed by atoms with Crippen molar-refractivity contribution in [3.05, 3.63) is 18.0 Å². The van der Waals surface area contributed by atoms with Crippen molar-refractivity contribution >= 4 is 11.9 Å². The molecule has 9 heteroatoms. The first kappa shape index (κ1) is 20.8. The molecule has 2 heterocycles. The standard InChI is InChI=1S/C19H28F3N5O/c1-11(2)8-15(17(28)23-3)25-14-5-4-12-9-27(10-13(12)14)18-24-7-6-16(26-18)19(20,21)22/h6-7,11-15,25H,4-5,8-10H2,1-3H3,(H,23,28)/t12-,13+,14+,15+/m1/s1. The number of rotatable bonds is 6. The fraction of sp³-hybridized carbons (Fsp3) is 0.737. The quantitative estimate of drug-likeness (QED) is 0.769. The van der Waals surface area contributed by atoms with Gasteiger partial charge in [0, 0.05) is 32.4 Å². The number of amides is 1. The third-order valence-electron chi connectivity index (χ3n) is 5.76. The molecule has 4 atom stereocenters. The number of alkyl halides is 3. The van der Waals surface area contributed by atoms with Crippen molar-refractivity contribution < 1.29 is 18.0 Å². The zero-order valence-electron chi connectivity index (χ0n) is 16.5. The maximum Gasteiger partial charge on any atom is 0.433 e. The van der Waals surface area contributed by atoms with Gasteiger partial charge in [0.05, 0.1) is 6.04 Å². The smallest absolute Gasteiger partial charge is 0.358 e. The summed E-state index contributed by atoms with van der Waals surface area (Å²) in [6, 6.07) is 0.805. The molecule has 1 saturated heterocycles. The van der Waals surface area contributed by atoms with Crippen LogP contribution in [-0.4, -0.2) is 48.1 Å². The van der Waals surface area contributed by atoms with Gasteiger partial charge >= 0.3 is 6.18 Å². The lowest BCUT2D eigenvalue weighted by molar-refractivity contribution is -0.141. The molecule has 2 fully saturated rings. The first-order chi connectivity index (χ1) is 13.2. The molecule has 1 aliphatic heterocycles. The summed E-state index contributed by atoms with van der Waals surface area (Å²) in [5, 5.41) is 6.24. The molecule has 0 unspecified atom stereocenters. The van der Waals surface area contributed by atoms with Crippen LogP contribution in [0.5, 0.6) is 0 Å². The third kappa shape index (κ3) is 4.56. The van der Waals surface area contributed by atoms with Gasteiger partial charge < -0.3 is 15.5 Å². The van der Waals surface area contributed by atoms with Gasteiger partial charge in [0.2, 0.25) is 11.9 Å². The van der Waals surface area contributed by atoms with Crippen LogP contribution in [0, 0.1) is 17.8 Å². The summed E-state index contributed by atoms with van der Waals surface area (Å²) < 4.78 is 38.8. The minimum atomic E-state index is -4.48. The van der Waals surface area contributed by atoms with Crippen molar-refractivity contribution in [2.45, 2.75) is 51.4 Å². The van der Waals surface area contributed by atoms with Crippen molar-refractivity contribution in [2.75, 3.05) is 25.0 Å². The van der Waals surface area contributed by atoms with Crippen LogP contribution in [0.15, 0.2) is 12.3 Å². The van der Waals surface area contributed by atoms with Crippen molar-refractivity contribution in [2.24, 2.45) is 17.8 Å².